The smallest absolute Gasteiger partial charge is 0.265 e. The highest BCUT2D eigenvalue weighted by Gasteiger charge is 2.30. The third-order valence-electron chi connectivity index (χ3n) is 4.32. The fraction of sp³-hybridized carbons (Fsp3) is 0.0909. The van der Waals surface area contributed by atoms with Crippen LogP contribution in [0.2, 0.25) is 5.02 Å². The lowest BCUT2D eigenvalue weighted by Gasteiger charge is -2.29. The molecule has 0 atom stereocenters. The second kappa shape index (κ2) is 8.59. The number of thioether (sulfide) groups is 1. The van der Waals surface area contributed by atoms with Crippen LogP contribution in [0.1, 0.15) is 11.3 Å². The number of hydrogen-bond donors (Lipinski definition) is 1. The summed E-state index contributed by atoms with van der Waals surface area (Å²) in [5.74, 6) is 0.168. The third kappa shape index (κ3) is 4.55. The molecule has 0 unspecified atom stereocenters. The Morgan fingerprint density at radius 2 is 2.00 bits per heavy atom. The number of halogens is 1. The molecule has 0 saturated heterocycles. The van der Waals surface area contributed by atoms with Crippen molar-refractivity contribution in [3.8, 4) is 0 Å². The van der Waals surface area contributed by atoms with Crippen LogP contribution in [-0.2, 0) is 16.1 Å². The summed E-state index contributed by atoms with van der Waals surface area (Å²) >= 11 is 7.45. The molecular formula is C22H17ClN2O3S. The van der Waals surface area contributed by atoms with Crippen LogP contribution in [0.3, 0.4) is 0 Å². The maximum atomic E-state index is 13.2. The molecule has 0 bridgehead atoms. The number of carbonyl (C=O) groups is 2. The van der Waals surface area contributed by atoms with Gasteiger partial charge < -0.3 is 9.73 Å². The number of furan rings is 1. The molecule has 0 aliphatic carbocycles. The van der Waals surface area contributed by atoms with Crippen molar-refractivity contribution in [3.63, 3.8) is 0 Å². The van der Waals surface area contributed by atoms with Crippen LogP contribution in [0.5, 0.6) is 0 Å². The molecule has 0 spiro atoms. The number of nitrogens with one attached hydrogen (secondary N) is 1. The number of hydrogen-bond acceptors (Lipinski definition) is 4. The molecule has 0 radical (unpaired) electrons. The largest absolute Gasteiger partial charge is 0.467 e. The lowest BCUT2D eigenvalue weighted by atomic mass is 10.2. The van der Waals surface area contributed by atoms with Gasteiger partial charge in [0.25, 0.3) is 5.91 Å². The highest BCUT2D eigenvalue weighted by atomic mass is 35.5. The van der Waals surface area contributed by atoms with Gasteiger partial charge in [-0.2, -0.15) is 0 Å². The van der Waals surface area contributed by atoms with E-state index in [1.54, 1.807) is 36.6 Å². The summed E-state index contributed by atoms with van der Waals surface area (Å²) in [6.07, 6.45) is 3.35. The number of rotatable bonds is 5. The SMILES string of the molecule is O=C(CN1C(=O)C(=Cc2cccc(Cl)c2)Sc2ccccc21)NCc1ccco1. The molecule has 1 aliphatic heterocycles. The van der Waals surface area contributed by atoms with Gasteiger partial charge in [-0.3, -0.25) is 14.5 Å². The highest BCUT2D eigenvalue weighted by Crippen LogP contribution is 2.41. The molecule has 1 aromatic heterocycles. The first-order valence-electron chi connectivity index (χ1n) is 8.95. The standard InChI is InChI=1S/C22H17ClN2O3S/c23-16-6-3-5-15(11-16)12-20-22(27)25(18-8-1-2-9-19(18)29-20)14-21(26)24-13-17-7-4-10-28-17/h1-12H,13-14H2,(H,24,26). The summed E-state index contributed by atoms with van der Waals surface area (Å²) < 4.78 is 5.23. The Morgan fingerprint density at radius 3 is 2.79 bits per heavy atom. The van der Waals surface area contributed by atoms with E-state index in [1.807, 2.05) is 36.4 Å². The predicted molar refractivity (Wildman–Crippen MR) is 115 cm³/mol. The molecule has 146 valence electrons. The minimum Gasteiger partial charge on any atom is -0.467 e. The van der Waals surface area contributed by atoms with Crippen molar-refractivity contribution in [2.45, 2.75) is 11.4 Å². The Morgan fingerprint density at radius 1 is 1.14 bits per heavy atom. The van der Waals surface area contributed by atoms with E-state index >= 15 is 0 Å². The van der Waals surface area contributed by atoms with Gasteiger partial charge in [-0.05, 0) is 48.0 Å². The first kappa shape index (κ1) is 19.4. The number of anilines is 1. The minimum atomic E-state index is -0.265. The van der Waals surface area contributed by atoms with Crippen LogP contribution in [0, 0.1) is 0 Å². The molecule has 29 heavy (non-hydrogen) atoms. The van der Waals surface area contributed by atoms with Crippen molar-refractivity contribution in [3.05, 3.63) is 88.2 Å². The molecule has 2 heterocycles. The van der Waals surface area contributed by atoms with Gasteiger partial charge in [0, 0.05) is 9.92 Å². The molecule has 4 rings (SSSR count). The summed E-state index contributed by atoms with van der Waals surface area (Å²) in [6.45, 7) is 0.194. The van der Waals surface area contributed by atoms with E-state index in [0.717, 1.165) is 16.1 Å². The van der Waals surface area contributed by atoms with Crippen LogP contribution in [0.4, 0.5) is 5.69 Å². The average molecular weight is 425 g/mol. The molecule has 1 N–H and O–H groups in total. The van der Waals surface area contributed by atoms with Gasteiger partial charge in [0.2, 0.25) is 5.91 Å². The van der Waals surface area contributed by atoms with Gasteiger partial charge in [-0.1, -0.05) is 47.6 Å². The molecule has 0 saturated carbocycles. The first-order chi connectivity index (χ1) is 14.1. The maximum absolute atomic E-state index is 13.2. The third-order valence-corrected chi connectivity index (χ3v) is 5.63. The van der Waals surface area contributed by atoms with Crippen molar-refractivity contribution in [1.82, 2.24) is 5.32 Å². The van der Waals surface area contributed by atoms with Crippen LogP contribution >= 0.6 is 23.4 Å². The quantitative estimate of drug-likeness (QED) is 0.601. The van der Waals surface area contributed by atoms with Crippen LogP contribution in [0.25, 0.3) is 6.08 Å². The molecule has 7 heteroatoms. The molecular weight excluding hydrogens is 408 g/mol. The van der Waals surface area contributed by atoms with Crippen molar-refractivity contribution in [1.29, 1.82) is 0 Å². The van der Waals surface area contributed by atoms with E-state index in [-0.39, 0.29) is 24.9 Å². The van der Waals surface area contributed by atoms with E-state index in [9.17, 15) is 9.59 Å². The Balaban J connectivity index is 1.58. The number of fused-ring (bicyclic) bond motifs is 1. The Hall–Kier alpha value is -2.96. The number of amides is 2. The van der Waals surface area contributed by atoms with Gasteiger partial charge in [0.15, 0.2) is 0 Å². The van der Waals surface area contributed by atoms with E-state index < -0.39 is 0 Å². The number of nitrogens with zero attached hydrogens (tertiary/aromatic N) is 1. The lowest BCUT2D eigenvalue weighted by Crippen LogP contribution is -2.42. The Kier molecular flexibility index (Phi) is 5.74. The van der Waals surface area contributed by atoms with Crippen LogP contribution < -0.4 is 10.2 Å². The zero-order chi connectivity index (χ0) is 20.2. The van der Waals surface area contributed by atoms with Gasteiger partial charge in [-0.15, -0.1) is 0 Å². The summed E-state index contributed by atoms with van der Waals surface area (Å²) in [5, 5.41) is 3.38. The van der Waals surface area contributed by atoms with Crippen molar-refractivity contribution in [2.24, 2.45) is 0 Å². The minimum absolute atomic E-state index is 0.0794. The van der Waals surface area contributed by atoms with Crippen molar-refractivity contribution < 1.29 is 14.0 Å². The number of para-hydroxylation sites is 1. The Bertz CT molecular complexity index is 1080. The number of benzene rings is 2. The molecule has 1 aliphatic rings. The van der Waals surface area contributed by atoms with Gasteiger partial charge >= 0.3 is 0 Å². The molecule has 2 amide bonds. The van der Waals surface area contributed by atoms with E-state index in [2.05, 4.69) is 5.32 Å². The van der Waals surface area contributed by atoms with E-state index in [1.165, 1.54) is 16.7 Å². The summed E-state index contributed by atoms with van der Waals surface area (Å²) in [5.41, 5.74) is 1.55. The van der Waals surface area contributed by atoms with E-state index in [0.29, 0.717) is 15.7 Å². The summed E-state index contributed by atoms with van der Waals surface area (Å²) in [7, 11) is 0. The molecule has 2 aromatic carbocycles. The van der Waals surface area contributed by atoms with Crippen molar-refractivity contribution >= 4 is 46.9 Å². The zero-order valence-electron chi connectivity index (χ0n) is 15.3. The van der Waals surface area contributed by atoms with Gasteiger partial charge in [0.1, 0.15) is 12.3 Å². The maximum Gasteiger partial charge on any atom is 0.265 e. The topological polar surface area (TPSA) is 62.6 Å². The molecule has 0 fully saturated rings. The molecule has 3 aromatic rings. The summed E-state index contributed by atoms with van der Waals surface area (Å²) in [6, 6.07) is 18.4. The normalized spacial score (nSPS) is 14.7. The predicted octanol–water partition coefficient (Wildman–Crippen LogP) is 4.73. The van der Waals surface area contributed by atoms with Gasteiger partial charge in [-0.25, -0.2) is 0 Å². The van der Waals surface area contributed by atoms with Crippen molar-refractivity contribution in [2.75, 3.05) is 11.4 Å². The fourth-order valence-electron chi connectivity index (χ4n) is 2.97. The lowest BCUT2D eigenvalue weighted by molar-refractivity contribution is -0.122. The fourth-order valence-corrected chi connectivity index (χ4v) is 4.22. The Labute approximate surface area is 177 Å². The summed E-state index contributed by atoms with van der Waals surface area (Å²) in [4.78, 5) is 28.6. The second-order valence-electron chi connectivity index (χ2n) is 6.38. The van der Waals surface area contributed by atoms with Crippen LogP contribution in [-0.4, -0.2) is 18.4 Å². The van der Waals surface area contributed by atoms with E-state index in [4.69, 9.17) is 16.0 Å². The first-order valence-corrected chi connectivity index (χ1v) is 10.1. The molecule has 5 nitrogen and oxygen atoms in total. The zero-order valence-corrected chi connectivity index (χ0v) is 16.9. The monoisotopic (exact) mass is 424 g/mol. The second-order valence-corrected chi connectivity index (χ2v) is 7.90. The van der Waals surface area contributed by atoms with Gasteiger partial charge in [0.05, 0.1) is 23.4 Å². The average Bonchev–Trinajstić information content (AvgIpc) is 3.23. The highest BCUT2D eigenvalue weighted by molar-refractivity contribution is 8.04. The number of carbonyl (C=O) groups excluding carboxylic acids is 2. The van der Waals surface area contributed by atoms with Crippen LogP contribution in [0.15, 0.2) is 81.1 Å².